The molecule has 0 saturated heterocycles. The Hall–Kier alpha value is -2.47. The topological polar surface area (TPSA) is 77.8 Å². The van der Waals surface area contributed by atoms with E-state index in [1.165, 1.54) is 10.8 Å². The number of nitrogens with zero attached hydrogens (tertiary/aromatic N) is 1. The van der Waals surface area contributed by atoms with E-state index in [2.05, 4.69) is 0 Å². The highest BCUT2D eigenvalue weighted by molar-refractivity contribution is 6.30. The van der Waals surface area contributed by atoms with Crippen LogP contribution < -0.4 is 0 Å². The molecule has 0 bridgehead atoms. The maximum atomic E-state index is 12.3. The van der Waals surface area contributed by atoms with Gasteiger partial charge in [-0.15, -0.1) is 0 Å². The van der Waals surface area contributed by atoms with Crippen LogP contribution in [-0.4, -0.2) is 34.8 Å². The summed E-state index contributed by atoms with van der Waals surface area (Å²) in [5, 5.41) is 10.6. The Balaban J connectivity index is 2.62. The molecule has 0 aliphatic carbocycles. The summed E-state index contributed by atoms with van der Waals surface area (Å²) in [7, 11) is 0. The van der Waals surface area contributed by atoms with Gasteiger partial charge in [0.15, 0.2) is 5.69 Å². The van der Waals surface area contributed by atoms with Gasteiger partial charge in [0, 0.05) is 10.7 Å². The van der Waals surface area contributed by atoms with Crippen LogP contribution in [0.25, 0.3) is 5.69 Å². The number of carbonyl (C=O) groups is 2. The second-order valence-corrected chi connectivity index (χ2v) is 4.96. The van der Waals surface area contributed by atoms with E-state index in [4.69, 9.17) is 21.1 Å². The van der Waals surface area contributed by atoms with E-state index < -0.39 is 11.9 Å². The number of benzene rings is 1. The molecule has 2 aromatic rings. The summed E-state index contributed by atoms with van der Waals surface area (Å²) in [6.45, 7) is 3.53. The quantitative estimate of drug-likeness (QED) is 0.848. The average molecular weight is 338 g/mol. The molecule has 0 atom stereocenters. The van der Waals surface area contributed by atoms with E-state index >= 15 is 0 Å². The highest BCUT2D eigenvalue weighted by atomic mass is 35.5. The van der Waals surface area contributed by atoms with Crippen molar-refractivity contribution in [2.45, 2.75) is 13.8 Å². The predicted octanol–water partition coefficient (Wildman–Crippen LogP) is 3.19. The second-order valence-electron chi connectivity index (χ2n) is 4.53. The molecule has 1 N–H and O–H groups in total. The van der Waals surface area contributed by atoms with Gasteiger partial charge in [-0.1, -0.05) is 11.6 Å². The van der Waals surface area contributed by atoms with Crippen molar-refractivity contribution in [2.75, 3.05) is 13.2 Å². The Morgan fingerprint density at radius 3 is 2.22 bits per heavy atom. The van der Waals surface area contributed by atoms with Gasteiger partial charge in [-0.25, -0.2) is 9.59 Å². The molecule has 1 aromatic carbocycles. The molecule has 1 heterocycles. The average Bonchev–Trinajstić information content (AvgIpc) is 2.86. The number of carbonyl (C=O) groups excluding carboxylic acids is 2. The molecule has 7 heteroatoms. The number of aromatic nitrogens is 1. The molecule has 0 aliphatic rings. The fourth-order valence-electron chi connectivity index (χ4n) is 2.10. The molecule has 0 aliphatic heterocycles. The lowest BCUT2D eigenvalue weighted by molar-refractivity contribution is 0.0471. The van der Waals surface area contributed by atoms with Gasteiger partial charge in [0.1, 0.15) is 11.3 Å². The van der Waals surface area contributed by atoms with Crippen molar-refractivity contribution >= 4 is 23.5 Å². The zero-order valence-corrected chi connectivity index (χ0v) is 13.5. The zero-order chi connectivity index (χ0) is 17.0. The van der Waals surface area contributed by atoms with Crippen LogP contribution in [0.1, 0.15) is 34.7 Å². The predicted molar refractivity (Wildman–Crippen MR) is 84.4 cm³/mol. The summed E-state index contributed by atoms with van der Waals surface area (Å²) in [5.41, 5.74) is 0.230. The number of hydrogen-bond donors (Lipinski definition) is 1. The Morgan fingerprint density at radius 1 is 1.09 bits per heavy atom. The smallest absolute Gasteiger partial charge is 0.356 e. The van der Waals surface area contributed by atoms with Crippen molar-refractivity contribution in [1.82, 2.24) is 4.57 Å². The van der Waals surface area contributed by atoms with Gasteiger partial charge in [-0.3, -0.25) is 0 Å². The number of ether oxygens (including phenoxy) is 2. The number of aromatic hydroxyl groups is 1. The van der Waals surface area contributed by atoms with Crippen molar-refractivity contribution in [3.05, 3.63) is 46.7 Å². The summed E-state index contributed by atoms with van der Waals surface area (Å²) in [4.78, 5) is 24.3. The van der Waals surface area contributed by atoms with Crippen LogP contribution in [0, 0.1) is 0 Å². The Labute approximate surface area is 138 Å². The second kappa shape index (κ2) is 7.19. The van der Waals surface area contributed by atoms with Gasteiger partial charge in [-0.05, 0) is 38.1 Å². The minimum absolute atomic E-state index is 0.0925. The molecule has 0 unspecified atom stereocenters. The summed E-state index contributed by atoms with van der Waals surface area (Å²) in [6.07, 6.45) is 1.27. The van der Waals surface area contributed by atoms with Gasteiger partial charge < -0.3 is 19.1 Å². The molecule has 0 saturated carbocycles. The van der Waals surface area contributed by atoms with Crippen LogP contribution in [0.3, 0.4) is 0 Å². The van der Waals surface area contributed by atoms with Crippen LogP contribution in [0.4, 0.5) is 0 Å². The normalized spacial score (nSPS) is 10.4. The molecular formula is C16H16ClNO5. The lowest BCUT2D eigenvalue weighted by Crippen LogP contribution is -2.16. The number of halogens is 1. The summed E-state index contributed by atoms with van der Waals surface area (Å²) in [5.74, 6) is -1.88. The van der Waals surface area contributed by atoms with Crippen LogP contribution >= 0.6 is 11.6 Å². The summed E-state index contributed by atoms with van der Waals surface area (Å²) < 4.78 is 11.3. The molecule has 2 rings (SSSR count). The van der Waals surface area contributed by atoms with Crippen molar-refractivity contribution in [1.29, 1.82) is 0 Å². The van der Waals surface area contributed by atoms with E-state index in [-0.39, 0.29) is 30.2 Å². The SMILES string of the molecule is CCOC(=O)c1c(O)cn(-c2ccc(Cl)cc2)c1C(=O)OCC. The highest BCUT2D eigenvalue weighted by Gasteiger charge is 2.29. The molecule has 0 spiro atoms. The van der Waals surface area contributed by atoms with Crippen molar-refractivity contribution < 1.29 is 24.2 Å². The van der Waals surface area contributed by atoms with Crippen molar-refractivity contribution in [3.8, 4) is 11.4 Å². The van der Waals surface area contributed by atoms with Gasteiger partial charge in [-0.2, -0.15) is 0 Å². The van der Waals surface area contributed by atoms with Gasteiger partial charge in [0.25, 0.3) is 0 Å². The minimum atomic E-state index is -0.791. The lowest BCUT2D eigenvalue weighted by Gasteiger charge is -2.10. The van der Waals surface area contributed by atoms with E-state index in [0.717, 1.165) is 0 Å². The highest BCUT2D eigenvalue weighted by Crippen LogP contribution is 2.29. The number of hydrogen-bond acceptors (Lipinski definition) is 5. The Bertz CT molecular complexity index is 721. The third-order valence-electron chi connectivity index (χ3n) is 3.04. The fourth-order valence-corrected chi connectivity index (χ4v) is 2.23. The van der Waals surface area contributed by atoms with Gasteiger partial charge >= 0.3 is 11.9 Å². The fraction of sp³-hybridized carbons (Fsp3) is 0.250. The van der Waals surface area contributed by atoms with Gasteiger partial charge in [0.2, 0.25) is 0 Å². The van der Waals surface area contributed by atoms with Crippen LogP contribution in [0.5, 0.6) is 5.75 Å². The van der Waals surface area contributed by atoms with Crippen LogP contribution in [0.15, 0.2) is 30.5 Å². The monoisotopic (exact) mass is 337 g/mol. The largest absolute Gasteiger partial charge is 0.505 e. The first-order valence-electron chi connectivity index (χ1n) is 7.04. The lowest BCUT2D eigenvalue weighted by atomic mass is 10.2. The molecule has 0 radical (unpaired) electrons. The van der Waals surface area contributed by atoms with E-state index in [1.54, 1.807) is 38.1 Å². The van der Waals surface area contributed by atoms with Gasteiger partial charge in [0.05, 0.1) is 19.4 Å². The Morgan fingerprint density at radius 2 is 1.65 bits per heavy atom. The third-order valence-corrected chi connectivity index (χ3v) is 3.29. The van der Waals surface area contributed by atoms with E-state index in [1.807, 2.05) is 0 Å². The van der Waals surface area contributed by atoms with Crippen molar-refractivity contribution in [3.63, 3.8) is 0 Å². The van der Waals surface area contributed by atoms with E-state index in [0.29, 0.717) is 10.7 Å². The first-order chi connectivity index (χ1) is 11.0. The molecule has 23 heavy (non-hydrogen) atoms. The number of esters is 2. The first kappa shape index (κ1) is 16.9. The Kier molecular flexibility index (Phi) is 5.28. The molecule has 1 aromatic heterocycles. The first-order valence-corrected chi connectivity index (χ1v) is 7.41. The molecule has 0 amide bonds. The molecular weight excluding hydrogens is 322 g/mol. The molecule has 6 nitrogen and oxygen atoms in total. The summed E-state index contributed by atoms with van der Waals surface area (Å²) >= 11 is 5.85. The van der Waals surface area contributed by atoms with Crippen LogP contribution in [-0.2, 0) is 9.47 Å². The molecule has 122 valence electrons. The zero-order valence-electron chi connectivity index (χ0n) is 12.7. The number of rotatable bonds is 5. The standard InChI is InChI=1S/C16H16ClNO5/c1-3-22-15(20)13-12(19)9-18(14(13)16(21)23-4-2)11-7-5-10(17)6-8-11/h5-9,19H,3-4H2,1-2H3. The summed E-state index contributed by atoms with van der Waals surface area (Å²) in [6, 6.07) is 6.57. The third kappa shape index (κ3) is 3.48. The maximum absolute atomic E-state index is 12.3. The van der Waals surface area contributed by atoms with Crippen molar-refractivity contribution in [2.24, 2.45) is 0 Å². The van der Waals surface area contributed by atoms with E-state index in [9.17, 15) is 14.7 Å². The maximum Gasteiger partial charge on any atom is 0.356 e. The molecule has 0 fully saturated rings. The minimum Gasteiger partial charge on any atom is -0.505 e. The van der Waals surface area contributed by atoms with Crippen LogP contribution in [0.2, 0.25) is 5.02 Å².